The van der Waals surface area contributed by atoms with E-state index in [1.54, 1.807) is 0 Å². The lowest BCUT2D eigenvalue weighted by atomic mass is 10.1. The number of anilines is 3. The summed E-state index contributed by atoms with van der Waals surface area (Å²) >= 11 is 1.28. The van der Waals surface area contributed by atoms with Crippen molar-refractivity contribution in [3.63, 3.8) is 0 Å². The Morgan fingerprint density at radius 3 is 2.31 bits per heavy atom. The van der Waals surface area contributed by atoms with Crippen molar-refractivity contribution in [2.75, 3.05) is 63.7 Å². The Balaban J connectivity index is 0.00000289. The third kappa shape index (κ3) is 6.56. The largest absolute Gasteiger partial charge is 0.409 e. The Bertz CT molecular complexity index is 1070. The molecule has 2 fully saturated rings. The monoisotopic (exact) mass is 513 g/mol. The summed E-state index contributed by atoms with van der Waals surface area (Å²) in [4.78, 5) is 18.2. The van der Waals surface area contributed by atoms with Gasteiger partial charge in [0, 0.05) is 57.2 Å². The number of nitrogens with one attached hydrogen (secondary N) is 1. The highest BCUT2D eigenvalue weighted by Gasteiger charge is 2.28. The molecule has 0 bridgehead atoms. The third-order valence-electron chi connectivity index (χ3n) is 5.91. The Morgan fingerprint density at radius 2 is 1.69 bits per heavy atom. The summed E-state index contributed by atoms with van der Waals surface area (Å²) in [6, 6.07) is 16.7. The SMILES string of the molecule is CN(C)SOc1ccc(-c2ncnc(Nc3ccc(N4CCN(C5COC5)CC4)cc3)n2)cc1.S. The highest BCUT2D eigenvalue weighted by Crippen LogP contribution is 2.25. The van der Waals surface area contributed by atoms with Crippen LogP contribution in [0.15, 0.2) is 54.9 Å². The van der Waals surface area contributed by atoms with Crippen molar-refractivity contribution < 1.29 is 8.92 Å². The van der Waals surface area contributed by atoms with Gasteiger partial charge in [0.2, 0.25) is 5.95 Å². The molecular formula is C24H31N7O2S2. The van der Waals surface area contributed by atoms with Gasteiger partial charge in [0.25, 0.3) is 0 Å². The zero-order chi connectivity index (χ0) is 23.3. The van der Waals surface area contributed by atoms with Gasteiger partial charge in [-0.15, -0.1) is 0 Å². The van der Waals surface area contributed by atoms with Gasteiger partial charge in [0.15, 0.2) is 5.82 Å². The molecule has 0 saturated carbocycles. The molecule has 0 aliphatic carbocycles. The van der Waals surface area contributed by atoms with E-state index in [1.165, 1.54) is 24.2 Å². The zero-order valence-electron chi connectivity index (χ0n) is 19.9. The molecule has 0 atom stereocenters. The average molecular weight is 514 g/mol. The molecule has 1 aromatic heterocycles. The van der Waals surface area contributed by atoms with Gasteiger partial charge in [-0.25, -0.2) is 14.3 Å². The summed E-state index contributed by atoms with van der Waals surface area (Å²) in [6.07, 6.45) is 1.53. The van der Waals surface area contributed by atoms with Crippen molar-refractivity contribution in [1.82, 2.24) is 24.2 Å². The minimum atomic E-state index is 0. The van der Waals surface area contributed by atoms with Crippen LogP contribution in [0.5, 0.6) is 5.75 Å². The number of hydrogen-bond donors (Lipinski definition) is 1. The van der Waals surface area contributed by atoms with Gasteiger partial charge in [-0.05, 0) is 48.5 Å². The number of rotatable bonds is 8. The lowest BCUT2D eigenvalue weighted by Crippen LogP contribution is -2.56. The lowest BCUT2D eigenvalue weighted by molar-refractivity contribution is -0.0660. The summed E-state index contributed by atoms with van der Waals surface area (Å²) in [5, 5.41) is 3.29. The molecule has 2 saturated heterocycles. The van der Waals surface area contributed by atoms with Crippen LogP contribution in [0.1, 0.15) is 0 Å². The van der Waals surface area contributed by atoms with Crippen LogP contribution < -0.4 is 14.4 Å². The maximum atomic E-state index is 5.60. The van der Waals surface area contributed by atoms with Crippen LogP contribution in [0.25, 0.3) is 11.4 Å². The van der Waals surface area contributed by atoms with Crippen LogP contribution in [0, 0.1) is 0 Å². The van der Waals surface area contributed by atoms with Gasteiger partial charge in [-0.3, -0.25) is 4.90 Å². The maximum Gasteiger partial charge on any atom is 0.230 e. The van der Waals surface area contributed by atoms with Crippen molar-refractivity contribution in [3.05, 3.63) is 54.9 Å². The maximum absolute atomic E-state index is 5.60. The summed E-state index contributed by atoms with van der Waals surface area (Å²) < 4.78 is 12.8. The van der Waals surface area contributed by atoms with E-state index in [-0.39, 0.29) is 13.5 Å². The summed E-state index contributed by atoms with van der Waals surface area (Å²) in [7, 11) is 3.86. The van der Waals surface area contributed by atoms with Crippen LogP contribution in [0.4, 0.5) is 17.3 Å². The standard InChI is InChI=1S/C24H29N7O2S.H2S/c1-29(2)34-33-22-9-3-18(4-10-22)23-25-17-26-24(28-23)27-19-5-7-20(8-6-19)30-11-13-31(14-12-30)21-15-32-16-21;/h3-10,17,21H,11-16H2,1-2H3,(H,25,26,27,28);1H2. The molecule has 5 rings (SSSR count). The quantitative estimate of drug-likeness (QED) is 0.358. The van der Waals surface area contributed by atoms with Crippen LogP contribution in [0.3, 0.4) is 0 Å². The Labute approximate surface area is 217 Å². The second kappa shape index (κ2) is 11.9. The van der Waals surface area contributed by atoms with Gasteiger partial charge < -0.3 is 19.1 Å². The van der Waals surface area contributed by atoms with Crippen molar-refractivity contribution in [2.24, 2.45) is 0 Å². The van der Waals surface area contributed by atoms with Crippen LogP contribution in [-0.4, -0.2) is 83.7 Å². The lowest BCUT2D eigenvalue weighted by Gasteiger charge is -2.43. The minimum absolute atomic E-state index is 0. The van der Waals surface area contributed by atoms with Gasteiger partial charge >= 0.3 is 0 Å². The van der Waals surface area contributed by atoms with Gasteiger partial charge in [-0.2, -0.15) is 18.5 Å². The number of piperazine rings is 1. The summed E-state index contributed by atoms with van der Waals surface area (Å²) in [5.41, 5.74) is 3.08. The first-order valence-electron chi connectivity index (χ1n) is 11.4. The second-order valence-electron chi connectivity index (χ2n) is 8.51. The van der Waals surface area contributed by atoms with E-state index in [2.05, 4.69) is 54.3 Å². The molecule has 2 aliphatic heterocycles. The van der Waals surface area contributed by atoms with Crippen molar-refractivity contribution in [2.45, 2.75) is 6.04 Å². The molecule has 0 unspecified atom stereocenters. The van der Waals surface area contributed by atoms with E-state index < -0.39 is 0 Å². The van der Waals surface area contributed by atoms with Crippen molar-refractivity contribution in [3.8, 4) is 17.1 Å². The minimum Gasteiger partial charge on any atom is -0.409 e. The Kier molecular flexibility index (Phi) is 8.69. The molecule has 3 aromatic rings. The first kappa shape index (κ1) is 25.5. The second-order valence-corrected chi connectivity index (χ2v) is 9.56. The molecule has 0 radical (unpaired) electrons. The van der Waals surface area contributed by atoms with E-state index >= 15 is 0 Å². The van der Waals surface area contributed by atoms with Crippen LogP contribution >= 0.6 is 25.7 Å². The Morgan fingerprint density at radius 1 is 0.971 bits per heavy atom. The van der Waals surface area contributed by atoms with Crippen LogP contribution in [0.2, 0.25) is 0 Å². The number of nitrogens with zero attached hydrogens (tertiary/aromatic N) is 6. The Hall–Kier alpha value is -2.57. The van der Waals surface area contributed by atoms with E-state index in [9.17, 15) is 0 Å². The predicted octanol–water partition coefficient (Wildman–Crippen LogP) is 3.42. The number of benzene rings is 2. The molecule has 35 heavy (non-hydrogen) atoms. The first-order valence-corrected chi connectivity index (χ1v) is 12.1. The highest BCUT2D eigenvalue weighted by atomic mass is 32.2. The zero-order valence-corrected chi connectivity index (χ0v) is 21.7. The van der Waals surface area contributed by atoms with Crippen molar-refractivity contribution >= 4 is 43.0 Å². The highest BCUT2D eigenvalue weighted by molar-refractivity contribution is 7.92. The van der Waals surface area contributed by atoms with Gasteiger partial charge in [-0.1, -0.05) is 0 Å². The molecule has 3 heterocycles. The molecular weight excluding hydrogens is 482 g/mol. The normalized spacial score (nSPS) is 16.5. The molecule has 11 heteroatoms. The fourth-order valence-electron chi connectivity index (χ4n) is 3.94. The predicted molar refractivity (Wildman–Crippen MR) is 146 cm³/mol. The van der Waals surface area contributed by atoms with Gasteiger partial charge in [0.1, 0.15) is 24.3 Å². The van der Waals surface area contributed by atoms with E-state index in [4.69, 9.17) is 8.92 Å². The summed E-state index contributed by atoms with van der Waals surface area (Å²) in [5.74, 6) is 1.89. The van der Waals surface area contributed by atoms with E-state index in [0.29, 0.717) is 17.8 Å². The topological polar surface area (TPSA) is 78.9 Å². The number of hydrogen-bond acceptors (Lipinski definition) is 10. The molecule has 2 aromatic carbocycles. The smallest absolute Gasteiger partial charge is 0.230 e. The van der Waals surface area contributed by atoms with Crippen molar-refractivity contribution in [1.29, 1.82) is 0 Å². The van der Waals surface area contributed by atoms with Gasteiger partial charge in [0.05, 0.1) is 19.3 Å². The molecule has 0 spiro atoms. The fraction of sp³-hybridized carbons (Fsp3) is 0.375. The first-order chi connectivity index (χ1) is 16.6. The third-order valence-corrected chi connectivity index (χ3v) is 6.47. The van der Waals surface area contributed by atoms with E-state index in [1.807, 2.05) is 42.7 Å². The fourth-order valence-corrected chi connectivity index (χ4v) is 4.28. The summed E-state index contributed by atoms with van der Waals surface area (Å²) in [6.45, 7) is 6.02. The molecule has 186 valence electrons. The molecule has 9 nitrogen and oxygen atoms in total. The number of aromatic nitrogens is 3. The number of ether oxygens (including phenoxy) is 1. The molecule has 1 N–H and O–H groups in total. The van der Waals surface area contributed by atoms with E-state index in [0.717, 1.165) is 56.4 Å². The van der Waals surface area contributed by atoms with Crippen LogP contribution in [-0.2, 0) is 4.74 Å². The molecule has 0 amide bonds. The average Bonchev–Trinajstić information content (AvgIpc) is 2.83. The molecule has 2 aliphatic rings.